The fourth-order valence-electron chi connectivity index (χ4n) is 2.47. The molecule has 0 saturated heterocycles. The molecule has 5 nitrogen and oxygen atoms in total. The first kappa shape index (κ1) is 12.8. The van der Waals surface area contributed by atoms with E-state index in [0.717, 1.165) is 12.8 Å². The summed E-state index contributed by atoms with van der Waals surface area (Å²) in [6.07, 6.45) is 4.57. The van der Waals surface area contributed by atoms with Gasteiger partial charge in [0.05, 0.1) is 6.42 Å². The second-order valence-electron chi connectivity index (χ2n) is 4.94. The fourth-order valence-corrected chi connectivity index (χ4v) is 2.47. The number of aromatic nitrogens is 2. The lowest BCUT2D eigenvalue weighted by Crippen LogP contribution is -2.35. The monoisotopic (exact) mass is 249 g/mol. The summed E-state index contributed by atoms with van der Waals surface area (Å²) in [5, 5.41) is 2.98. The quantitative estimate of drug-likeness (QED) is 0.838. The van der Waals surface area contributed by atoms with Gasteiger partial charge in [0.15, 0.2) is 0 Å². The summed E-state index contributed by atoms with van der Waals surface area (Å²) < 4.78 is 0. The maximum atomic E-state index is 11.9. The first-order chi connectivity index (χ1) is 8.56. The molecule has 0 aromatic carbocycles. The predicted octanol–water partition coefficient (Wildman–Crippen LogP) is 0.988. The van der Waals surface area contributed by atoms with Gasteiger partial charge in [-0.1, -0.05) is 12.8 Å². The molecule has 1 aliphatic carbocycles. The molecule has 5 heteroatoms. The maximum Gasteiger partial charge on any atom is 0.254 e. The van der Waals surface area contributed by atoms with Crippen LogP contribution >= 0.6 is 0 Å². The smallest absolute Gasteiger partial charge is 0.254 e. The Hall–Kier alpha value is -1.65. The zero-order chi connectivity index (χ0) is 13.1. The summed E-state index contributed by atoms with van der Waals surface area (Å²) in [6, 6.07) is 0.287. The van der Waals surface area contributed by atoms with Crippen molar-refractivity contribution in [3.63, 3.8) is 0 Å². The number of hydrogen-bond acceptors (Lipinski definition) is 3. The van der Waals surface area contributed by atoms with Gasteiger partial charge < -0.3 is 10.3 Å². The van der Waals surface area contributed by atoms with E-state index < -0.39 is 0 Å². The molecule has 1 aliphatic rings. The summed E-state index contributed by atoms with van der Waals surface area (Å²) in [5.41, 5.74) is 0.899. The third kappa shape index (κ3) is 2.97. The third-order valence-corrected chi connectivity index (χ3v) is 3.40. The zero-order valence-electron chi connectivity index (χ0n) is 10.9. The van der Waals surface area contributed by atoms with E-state index >= 15 is 0 Å². The van der Waals surface area contributed by atoms with Gasteiger partial charge in [0.25, 0.3) is 5.56 Å². The normalized spacial score (nSPS) is 15.9. The molecule has 0 spiro atoms. The molecule has 1 aromatic rings. The zero-order valence-corrected chi connectivity index (χ0v) is 10.9. The molecule has 0 radical (unpaired) electrons. The topological polar surface area (TPSA) is 74.8 Å². The van der Waals surface area contributed by atoms with Crippen LogP contribution in [-0.4, -0.2) is 21.9 Å². The highest BCUT2D eigenvalue weighted by molar-refractivity contribution is 5.79. The lowest BCUT2D eigenvalue weighted by Gasteiger charge is -2.12. The van der Waals surface area contributed by atoms with E-state index in [-0.39, 0.29) is 23.9 Å². The van der Waals surface area contributed by atoms with Gasteiger partial charge in [-0.3, -0.25) is 9.59 Å². The minimum absolute atomic E-state index is 0.0823. The third-order valence-electron chi connectivity index (χ3n) is 3.40. The number of nitrogens with zero attached hydrogens (tertiary/aromatic N) is 1. The molecule has 98 valence electrons. The number of aryl methyl sites for hydroxylation is 2. The number of nitrogens with one attached hydrogen (secondary N) is 2. The SMILES string of the molecule is Cc1nc(C)c(CC(=O)NC2CCCC2)c(=O)[nH]1. The number of H-pyrrole nitrogens is 1. The van der Waals surface area contributed by atoms with Crippen LogP contribution in [0.15, 0.2) is 4.79 Å². The number of carbonyl (C=O) groups excluding carboxylic acids is 1. The minimum Gasteiger partial charge on any atom is -0.353 e. The Bertz CT molecular complexity index is 501. The van der Waals surface area contributed by atoms with Gasteiger partial charge in [-0.2, -0.15) is 0 Å². The lowest BCUT2D eigenvalue weighted by atomic mass is 10.1. The summed E-state index contributed by atoms with van der Waals surface area (Å²) in [4.78, 5) is 30.4. The van der Waals surface area contributed by atoms with Crippen molar-refractivity contribution < 1.29 is 4.79 Å². The highest BCUT2D eigenvalue weighted by Crippen LogP contribution is 2.17. The van der Waals surface area contributed by atoms with Crippen molar-refractivity contribution in [2.45, 2.75) is 52.0 Å². The molecule has 2 N–H and O–H groups in total. The van der Waals surface area contributed by atoms with Crippen molar-refractivity contribution in [1.82, 2.24) is 15.3 Å². The Morgan fingerprint density at radius 3 is 2.67 bits per heavy atom. The largest absolute Gasteiger partial charge is 0.353 e. The van der Waals surface area contributed by atoms with Crippen LogP contribution in [0.4, 0.5) is 0 Å². The molecule has 1 aromatic heterocycles. The molecule has 18 heavy (non-hydrogen) atoms. The van der Waals surface area contributed by atoms with Gasteiger partial charge in [0.1, 0.15) is 5.82 Å². The van der Waals surface area contributed by atoms with Crippen LogP contribution in [0.1, 0.15) is 42.8 Å². The van der Waals surface area contributed by atoms with E-state index in [1.807, 2.05) is 0 Å². The van der Waals surface area contributed by atoms with Crippen molar-refractivity contribution in [3.05, 3.63) is 27.4 Å². The highest BCUT2D eigenvalue weighted by Gasteiger charge is 2.18. The standard InChI is InChI=1S/C13H19N3O2/c1-8-11(13(18)15-9(2)14-8)7-12(17)16-10-5-3-4-6-10/h10H,3-7H2,1-2H3,(H,16,17)(H,14,15,18). The van der Waals surface area contributed by atoms with Gasteiger partial charge in [-0.05, 0) is 26.7 Å². The summed E-state index contributed by atoms with van der Waals surface area (Å²) in [5.74, 6) is 0.499. The molecular formula is C13H19N3O2. The number of hydrogen-bond donors (Lipinski definition) is 2. The molecule has 0 aliphatic heterocycles. The number of carbonyl (C=O) groups is 1. The van der Waals surface area contributed by atoms with E-state index in [9.17, 15) is 9.59 Å². The van der Waals surface area contributed by atoms with Gasteiger partial charge in [0, 0.05) is 17.3 Å². The van der Waals surface area contributed by atoms with E-state index in [2.05, 4.69) is 15.3 Å². The first-order valence-electron chi connectivity index (χ1n) is 6.42. The molecule has 0 unspecified atom stereocenters. The molecule has 1 heterocycles. The average molecular weight is 249 g/mol. The molecule has 1 amide bonds. The van der Waals surface area contributed by atoms with Crippen LogP contribution in [0.2, 0.25) is 0 Å². The van der Waals surface area contributed by atoms with E-state index in [4.69, 9.17) is 0 Å². The van der Waals surface area contributed by atoms with Crippen LogP contribution in [0.3, 0.4) is 0 Å². The van der Waals surface area contributed by atoms with Gasteiger partial charge in [-0.25, -0.2) is 4.98 Å². The van der Waals surface area contributed by atoms with E-state index in [1.165, 1.54) is 12.8 Å². The van der Waals surface area contributed by atoms with Crippen molar-refractivity contribution >= 4 is 5.91 Å². The predicted molar refractivity (Wildman–Crippen MR) is 68.4 cm³/mol. The number of amides is 1. The number of rotatable bonds is 3. The fraction of sp³-hybridized carbons (Fsp3) is 0.615. The summed E-state index contributed by atoms with van der Waals surface area (Å²) in [7, 11) is 0. The summed E-state index contributed by atoms with van der Waals surface area (Å²) in [6.45, 7) is 3.50. The maximum absolute atomic E-state index is 11.9. The van der Waals surface area contributed by atoms with Crippen molar-refractivity contribution in [1.29, 1.82) is 0 Å². The Balaban J connectivity index is 2.04. The first-order valence-corrected chi connectivity index (χ1v) is 6.42. The molecule has 1 saturated carbocycles. The Labute approximate surface area is 106 Å². The second-order valence-corrected chi connectivity index (χ2v) is 4.94. The Morgan fingerprint density at radius 1 is 1.39 bits per heavy atom. The molecule has 2 rings (SSSR count). The van der Waals surface area contributed by atoms with Crippen LogP contribution in [-0.2, 0) is 11.2 Å². The van der Waals surface area contributed by atoms with Crippen molar-refractivity contribution in [2.75, 3.05) is 0 Å². The van der Waals surface area contributed by atoms with Crippen molar-refractivity contribution in [3.8, 4) is 0 Å². The molecule has 0 bridgehead atoms. The molecule has 0 atom stereocenters. The Kier molecular flexibility index (Phi) is 3.79. The molecule has 1 fully saturated rings. The van der Waals surface area contributed by atoms with Gasteiger partial charge >= 0.3 is 0 Å². The molecular weight excluding hydrogens is 230 g/mol. The average Bonchev–Trinajstić information content (AvgIpc) is 2.76. The second kappa shape index (κ2) is 5.33. The highest BCUT2D eigenvalue weighted by atomic mass is 16.2. The van der Waals surface area contributed by atoms with E-state index in [1.54, 1.807) is 13.8 Å². The number of aromatic amines is 1. The van der Waals surface area contributed by atoms with Crippen LogP contribution in [0.5, 0.6) is 0 Å². The van der Waals surface area contributed by atoms with Gasteiger partial charge in [-0.15, -0.1) is 0 Å². The lowest BCUT2D eigenvalue weighted by molar-refractivity contribution is -0.121. The Morgan fingerprint density at radius 2 is 2.06 bits per heavy atom. The van der Waals surface area contributed by atoms with Crippen LogP contribution < -0.4 is 10.9 Å². The summed E-state index contributed by atoms with van der Waals surface area (Å²) >= 11 is 0. The van der Waals surface area contributed by atoms with Crippen molar-refractivity contribution in [2.24, 2.45) is 0 Å². The van der Waals surface area contributed by atoms with E-state index in [0.29, 0.717) is 17.1 Å². The van der Waals surface area contributed by atoms with Crippen LogP contribution in [0.25, 0.3) is 0 Å². The van der Waals surface area contributed by atoms with Gasteiger partial charge in [0.2, 0.25) is 5.91 Å². The van der Waals surface area contributed by atoms with Crippen LogP contribution in [0, 0.1) is 13.8 Å². The minimum atomic E-state index is -0.207.